The molecule has 0 bridgehead atoms. The van der Waals surface area contributed by atoms with E-state index in [0.717, 1.165) is 12.2 Å². The lowest BCUT2D eigenvalue weighted by Gasteiger charge is -2.15. The summed E-state index contributed by atoms with van der Waals surface area (Å²) in [5.41, 5.74) is 1.47. The van der Waals surface area contributed by atoms with Gasteiger partial charge in [-0.05, 0) is 25.0 Å². The van der Waals surface area contributed by atoms with Gasteiger partial charge in [0.2, 0.25) is 0 Å². The number of aliphatic carboxylic acids is 1. The molecule has 2 rings (SSSR count). The van der Waals surface area contributed by atoms with Crippen molar-refractivity contribution in [3.63, 3.8) is 0 Å². The van der Waals surface area contributed by atoms with Crippen LogP contribution < -0.4 is 0 Å². The smallest absolute Gasteiger partial charge is 0.308 e. The predicted molar refractivity (Wildman–Crippen MR) is 66.2 cm³/mol. The molecule has 5 heteroatoms. The molecule has 2 atom stereocenters. The molecule has 5 nitrogen and oxygen atoms in total. The van der Waals surface area contributed by atoms with Gasteiger partial charge in [-0.15, -0.1) is 0 Å². The van der Waals surface area contributed by atoms with Gasteiger partial charge in [0.05, 0.1) is 11.6 Å². The lowest BCUT2D eigenvalue weighted by atomic mass is 9.99. The third kappa shape index (κ3) is 2.61. The SMILES string of the molecule is Cc1ccc(O)c(CN2CC(C)C(C(=O)O)C2)n1. The minimum atomic E-state index is -0.744. The van der Waals surface area contributed by atoms with Gasteiger partial charge in [0.15, 0.2) is 0 Å². The molecule has 0 aromatic carbocycles. The Hall–Kier alpha value is -1.62. The first kappa shape index (κ1) is 12.8. The van der Waals surface area contributed by atoms with E-state index >= 15 is 0 Å². The lowest BCUT2D eigenvalue weighted by Crippen LogP contribution is -2.23. The van der Waals surface area contributed by atoms with E-state index in [1.165, 1.54) is 0 Å². The van der Waals surface area contributed by atoms with Gasteiger partial charge in [0.1, 0.15) is 5.75 Å². The fourth-order valence-electron chi connectivity index (χ4n) is 2.45. The largest absolute Gasteiger partial charge is 0.506 e. The second kappa shape index (κ2) is 4.94. The lowest BCUT2D eigenvalue weighted by molar-refractivity contribution is -0.142. The van der Waals surface area contributed by atoms with Crippen LogP contribution in [0.4, 0.5) is 0 Å². The van der Waals surface area contributed by atoms with Gasteiger partial charge in [-0.1, -0.05) is 6.92 Å². The molecule has 2 N–H and O–H groups in total. The number of nitrogens with zero attached hydrogens (tertiary/aromatic N) is 2. The monoisotopic (exact) mass is 250 g/mol. The highest BCUT2D eigenvalue weighted by atomic mass is 16.4. The summed E-state index contributed by atoms with van der Waals surface area (Å²) in [5.74, 6) is -0.759. The molecule has 0 spiro atoms. The summed E-state index contributed by atoms with van der Waals surface area (Å²) in [5, 5.41) is 18.8. The molecular weight excluding hydrogens is 232 g/mol. The van der Waals surface area contributed by atoms with Gasteiger partial charge in [-0.2, -0.15) is 0 Å². The maximum absolute atomic E-state index is 11.0. The van der Waals surface area contributed by atoms with E-state index in [4.69, 9.17) is 5.11 Å². The van der Waals surface area contributed by atoms with Crippen LogP contribution in [0.1, 0.15) is 18.3 Å². The van der Waals surface area contributed by atoms with E-state index in [2.05, 4.69) is 4.98 Å². The van der Waals surface area contributed by atoms with Crippen molar-refractivity contribution in [3.8, 4) is 5.75 Å². The Balaban J connectivity index is 2.07. The molecule has 1 aromatic rings. The number of aromatic hydroxyl groups is 1. The van der Waals surface area contributed by atoms with Gasteiger partial charge in [-0.25, -0.2) is 0 Å². The van der Waals surface area contributed by atoms with E-state index < -0.39 is 5.97 Å². The summed E-state index contributed by atoms with van der Waals surface area (Å²) in [6.07, 6.45) is 0. The maximum atomic E-state index is 11.0. The Kier molecular flexibility index (Phi) is 3.52. The van der Waals surface area contributed by atoms with Crippen LogP contribution in [0.2, 0.25) is 0 Å². The summed E-state index contributed by atoms with van der Waals surface area (Å²) in [6.45, 7) is 5.57. The molecule has 0 saturated carbocycles. The number of rotatable bonds is 3. The number of hydrogen-bond donors (Lipinski definition) is 2. The van der Waals surface area contributed by atoms with Crippen LogP contribution in [0, 0.1) is 18.8 Å². The van der Waals surface area contributed by atoms with E-state index in [1.54, 1.807) is 12.1 Å². The first-order valence-electron chi connectivity index (χ1n) is 6.08. The van der Waals surface area contributed by atoms with Crippen LogP contribution in [0.25, 0.3) is 0 Å². The number of pyridine rings is 1. The standard InChI is InChI=1S/C13H18N2O3/c1-8-5-15(6-10(8)13(17)18)7-11-12(16)4-3-9(2)14-11/h3-4,8,10,16H,5-7H2,1-2H3,(H,17,18). The van der Waals surface area contributed by atoms with Crippen molar-refractivity contribution < 1.29 is 15.0 Å². The maximum Gasteiger partial charge on any atom is 0.308 e. The Labute approximate surface area is 106 Å². The fraction of sp³-hybridized carbons (Fsp3) is 0.538. The summed E-state index contributed by atoms with van der Waals surface area (Å²) in [6, 6.07) is 3.39. The Morgan fingerprint density at radius 2 is 2.22 bits per heavy atom. The molecular formula is C13H18N2O3. The van der Waals surface area contributed by atoms with Crippen molar-refractivity contribution in [2.45, 2.75) is 20.4 Å². The summed E-state index contributed by atoms with van der Waals surface area (Å²) >= 11 is 0. The zero-order valence-corrected chi connectivity index (χ0v) is 10.6. The zero-order valence-electron chi connectivity index (χ0n) is 10.6. The molecule has 1 aliphatic heterocycles. The van der Waals surface area contributed by atoms with Crippen LogP contribution in [-0.4, -0.2) is 39.2 Å². The van der Waals surface area contributed by atoms with Crippen LogP contribution in [0.5, 0.6) is 5.75 Å². The molecule has 0 radical (unpaired) electrons. The first-order valence-corrected chi connectivity index (χ1v) is 6.08. The highest BCUT2D eigenvalue weighted by Gasteiger charge is 2.34. The van der Waals surface area contributed by atoms with Crippen molar-refractivity contribution in [3.05, 3.63) is 23.5 Å². The quantitative estimate of drug-likeness (QED) is 0.844. The number of hydrogen-bond acceptors (Lipinski definition) is 4. The molecule has 0 amide bonds. The number of likely N-dealkylation sites (tertiary alicyclic amines) is 1. The third-order valence-electron chi connectivity index (χ3n) is 3.47. The molecule has 1 aromatic heterocycles. The number of carbonyl (C=O) groups is 1. The second-order valence-electron chi connectivity index (χ2n) is 5.03. The second-order valence-corrected chi connectivity index (χ2v) is 5.03. The molecule has 1 saturated heterocycles. The van der Waals surface area contributed by atoms with Crippen molar-refractivity contribution in [1.29, 1.82) is 0 Å². The van der Waals surface area contributed by atoms with Crippen LogP contribution in [-0.2, 0) is 11.3 Å². The predicted octanol–water partition coefficient (Wildman–Crippen LogP) is 1.25. The van der Waals surface area contributed by atoms with E-state index in [0.29, 0.717) is 18.8 Å². The van der Waals surface area contributed by atoms with Crippen molar-refractivity contribution in [2.75, 3.05) is 13.1 Å². The Morgan fingerprint density at radius 1 is 1.50 bits per heavy atom. The third-order valence-corrected chi connectivity index (χ3v) is 3.47. The van der Waals surface area contributed by atoms with Crippen molar-refractivity contribution >= 4 is 5.97 Å². The highest BCUT2D eigenvalue weighted by Crippen LogP contribution is 2.26. The summed E-state index contributed by atoms with van der Waals surface area (Å²) in [7, 11) is 0. The fourth-order valence-corrected chi connectivity index (χ4v) is 2.45. The summed E-state index contributed by atoms with van der Waals surface area (Å²) in [4.78, 5) is 17.4. The zero-order chi connectivity index (χ0) is 13.3. The molecule has 18 heavy (non-hydrogen) atoms. The molecule has 0 aliphatic carbocycles. The van der Waals surface area contributed by atoms with E-state index in [-0.39, 0.29) is 17.6 Å². The van der Waals surface area contributed by atoms with Crippen LogP contribution >= 0.6 is 0 Å². The molecule has 1 fully saturated rings. The number of carboxylic acid groups (broad SMARTS) is 1. The van der Waals surface area contributed by atoms with Gasteiger partial charge < -0.3 is 10.2 Å². The molecule has 2 heterocycles. The van der Waals surface area contributed by atoms with Crippen molar-refractivity contribution in [1.82, 2.24) is 9.88 Å². The van der Waals surface area contributed by atoms with E-state index in [1.807, 2.05) is 18.7 Å². The Bertz CT molecular complexity index is 462. The number of carboxylic acids is 1. The number of aryl methyl sites for hydroxylation is 1. The summed E-state index contributed by atoms with van der Waals surface area (Å²) < 4.78 is 0. The minimum Gasteiger partial charge on any atom is -0.506 e. The molecule has 98 valence electrons. The topological polar surface area (TPSA) is 73.7 Å². The van der Waals surface area contributed by atoms with Gasteiger partial charge in [0.25, 0.3) is 0 Å². The molecule has 2 unspecified atom stereocenters. The minimum absolute atomic E-state index is 0.134. The Morgan fingerprint density at radius 3 is 2.83 bits per heavy atom. The first-order chi connectivity index (χ1) is 8.47. The van der Waals surface area contributed by atoms with Crippen LogP contribution in [0.15, 0.2) is 12.1 Å². The average molecular weight is 250 g/mol. The highest BCUT2D eigenvalue weighted by molar-refractivity contribution is 5.71. The van der Waals surface area contributed by atoms with E-state index in [9.17, 15) is 9.90 Å². The van der Waals surface area contributed by atoms with Crippen molar-refractivity contribution in [2.24, 2.45) is 11.8 Å². The average Bonchev–Trinajstić information content (AvgIpc) is 2.65. The van der Waals surface area contributed by atoms with Crippen LogP contribution in [0.3, 0.4) is 0 Å². The van der Waals surface area contributed by atoms with Gasteiger partial charge in [0, 0.05) is 25.3 Å². The van der Waals surface area contributed by atoms with Gasteiger partial charge >= 0.3 is 5.97 Å². The normalized spacial score (nSPS) is 24.3. The molecule has 1 aliphatic rings. The van der Waals surface area contributed by atoms with Gasteiger partial charge in [-0.3, -0.25) is 14.7 Å². The number of aromatic nitrogens is 1.